The van der Waals surface area contributed by atoms with Crippen molar-refractivity contribution in [2.75, 3.05) is 6.61 Å². The summed E-state index contributed by atoms with van der Waals surface area (Å²) in [5, 5.41) is 0.640. The SMILES string of the molecule is O=C(CC1OCCc2ccccc21)c1ccc(Cl)cc1. The minimum atomic E-state index is -0.136. The van der Waals surface area contributed by atoms with Crippen molar-refractivity contribution in [2.45, 2.75) is 18.9 Å². The molecule has 0 amide bonds. The van der Waals surface area contributed by atoms with Crippen molar-refractivity contribution in [2.24, 2.45) is 0 Å². The third-order valence-corrected chi connectivity index (χ3v) is 3.88. The Morgan fingerprint density at radius 1 is 1.15 bits per heavy atom. The second-order valence-corrected chi connectivity index (χ2v) is 5.38. The maximum Gasteiger partial charge on any atom is 0.165 e. The van der Waals surface area contributed by atoms with Gasteiger partial charge in [0.05, 0.1) is 12.7 Å². The van der Waals surface area contributed by atoms with Gasteiger partial charge in [0, 0.05) is 17.0 Å². The smallest absolute Gasteiger partial charge is 0.165 e. The molecular formula is C17H15ClO2. The van der Waals surface area contributed by atoms with Crippen molar-refractivity contribution < 1.29 is 9.53 Å². The standard InChI is InChI=1S/C17H15ClO2/c18-14-7-5-13(6-8-14)16(19)11-17-15-4-2-1-3-12(15)9-10-20-17/h1-8,17H,9-11H2. The van der Waals surface area contributed by atoms with Gasteiger partial charge in [0.1, 0.15) is 0 Å². The van der Waals surface area contributed by atoms with Gasteiger partial charge in [0.25, 0.3) is 0 Å². The average molecular weight is 287 g/mol. The van der Waals surface area contributed by atoms with E-state index >= 15 is 0 Å². The lowest BCUT2D eigenvalue weighted by molar-refractivity contribution is 0.0352. The number of Topliss-reactive ketones (excluding diaryl/α,β-unsaturated/α-hetero) is 1. The molecule has 3 heteroatoms. The molecule has 2 aromatic rings. The lowest BCUT2D eigenvalue weighted by Crippen LogP contribution is -2.19. The highest BCUT2D eigenvalue weighted by molar-refractivity contribution is 6.30. The molecule has 102 valence electrons. The fourth-order valence-corrected chi connectivity index (χ4v) is 2.69. The van der Waals surface area contributed by atoms with E-state index in [0.717, 1.165) is 12.0 Å². The van der Waals surface area contributed by atoms with E-state index in [4.69, 9.17) is 16.3 Å². The van der Waals surface area contributed by atoms with E-state index < -0.39 is 0 Å². The van der Waals surface area contributed by atoms with Crippen LogP contribution in [-0.4, -0.2) is 12.4 Å². The zero-order valence-electron chi connectivity index (χ0n) is 11.0. The van der Waals surface area contributed by atoms with Gasteiger partial charge in [0.2, 0.25) is 0 Å². The normalized spacial score (nSPS) is 17.6. The van der Waals surface area contributed by atoms with E-state index in [2.05, 4.69) is 6.07 Å². The number of fused-ring (bicyclic) bond motifs is 1. The molecule has 2 aromatic carbocycles. The first-order valence-electron chi connectivity index (χ1n) is 6.72. The van der Waals surface area contributed by atoms with Crippen LogP contribution in [0, 0.1) is 0 Å². The Kier molecular flexibility index (Phi) is 3.86. The van der Waals surface area contributed by atoms with E-state index in [0.29, 0.717) is 23.6 Å². The van der Waals surface area contributed by atoms with Gasteiger partial charge in [0.15, 0.2) is 5.78 Å². The largest absolute Gasteiger partial charge is 0.373 e. The molecule has 0 saturated heterocycles. The highest BCUT2D eigenvalue weighted by Gasteiger charge is 2.23. The molecule has 3 rings (SSSR count). The summed E-state index contributed by atoms with van der Waals surface area (Å²) in [6.45, 7) is 0.676. The summed E-state index contributed by atoms with van der Waals surface area (Å²) in [4.78, 5) is 12.3. The topological polar surface area (TPSA) is 26.3 Å². The van der Waals surface area contributed by atoms with E-state index in [9.17, 15) is 4.79 Å². The van der Waals surface area contributed by atoms with Crippen molar-refractivity contribution in [3.63, 3.8) is 0 Å². The second-order valence-electron chi connectivity index (χ2n) is 4.94. The number of carbonyl (C=O) groups is 1. The first kappa shape index (κ1) is 13.3. The van der Waals surface area contributed by atoms with Crippen molar-refractivity contribution in [3.05, 3.63) is 70.2 Å². The van der Waals surface area contributed by atoms with E-state index in [-0.39, 0.29) is 11.9 Å². The summed E-state index contributed by atoms with van der Waals surface area (Å²) in [5.74, 6) is 0.0865. The van der Waals surface area contributed by atoms with Crippen molar-refractivity contribution in [1.29, 1.82) is 0 Å². The van der Waals surface area contributed by atoms with Crippen molar-refractivity contribution in [3.8, 4) is 0 Å². The highest BCUT2D eigenvalue weighted by Crippen LogP contribution is 2.30. The number of hydrogen-bond acceptors (Lipinski definition) is 2. The summed E-state index contributed by atoms with van der Waals surface area (Å²) in [7, 11) is 0. The monoisotopic (exact) mass is 286 g/mol. The Bertz CT molecular complexity index is 619. The van der Waals surface area contributed by atoms with Crippen LogP contribution in [0.25, 0.3) is 0 Å². The zero-order chi connectivity index (χ0) is 13.9. The predicted molar refractivity (Wildman–Crippen MR) is 79.2 cm³/mol. The van der Waals surface area contributed by atoms with Gasteiger partial charge in [-0.1, -0.05) is 35.9 Å². The van der Waals surface area contributed by atoms with Gasteiger partial charge < -0.3 is 4.74 Å². The third kappa shape index (κ3) is 2.77. The summed E-state index contributed by atoms with van der Waals surface area (Å²) in [6.07, 6.45) is 1.16. The number of halogens is 1. The number of rotatable bonds is 3. The molecule has 0 saturated carbocycles. The summed E-state index contributed by atoms with van der Waals surface area (Å²) in [5.41, 5.74) is 3.11. The molecule has 0 N–H and O–H groups in total. The molecular weight excluding hydrogens is 272 g/mol. The minimum absolute atomic E-state index is 0.0865. The predicted octanol–water partition coefficient (Wildman–Crippen LogP) is 4.23. The van der Waals surface area contributed by atoms with Gasteiger partial charge in [-0.15, -0.1) is 0 Å². The molecule has 1 atom stereocenters. The number of hydrogen-bond donors (Lipinski definition) is 0. The maximum atomic E-state index is 12.3. The van der Waals surface area contributed by atoms with Crippen molar-refractivity contribution in [1.82, 2.24) is 0 Å². The quantitative estimate of drug-likeness (QED) is 0.790. The Balaban J connectivity index is 1.79. The molecule has 1 aliphatic heterocycles. The van der Waals surface area contributed by atoms with Gasteiger partial charge >= 0.3 is 0 Å². The summed E-state index contributed by atoms with van der Waals surface area (Å²) < 4.78 is 5.77. The molecule has 2 nitrogen and oxygen atoms in total. The maximum absolute atomic E-state index is 12.3. The van der Waals surface area contributed by atoms with Crippen LogP contribution in [0.5, 0.6) is 0 Å². The Hall–Kier alpha value is -1.64. The summed E-state index contributed by atoms with van der Waals surface area (Å²) >= 11 is 5.84. The van der Waals surface area contributed by atoms with Crippen LogP contribution in [0.15, 0.2) is 48.5 Å². The van der Waals surface area contributed by atoms with E-state index in [1.807, 2.05) is 18.2 Å². The zero-order valence-corrected chi connectivity index (χ0v) is 11.8. The van der Waals surface area contributed by atoms with Crippen LogP contribution in [-0.2, 0) is 11.2 Å². The molecule has 0 aromatic heterocycles. The van der Waals surface area contributed by atoms with Crippen LogP contribution in [0.3, 0.4) is 0 Å². The van der Waals surface area contributed by atoms with Crippen LogP contribution in [0.2, 0.25) is 5.02 Å². The van der Waals surface area contributed by atoms with Gasteiger partial charge in [-0.2, -0.15) is 0 Å². The first-order chi connectivity index (χ1) is 9.74. The molecule has 0 radical (unpaired) electrons. The van der Waals surface area contributed by atoms with Gasteiger partial charge in [-0.25, -0.2) is 0 Å². The number of benzene rings is 2. The lowest BCUT2D eigenvalue weighted by atomic mass is 9.93. The molecule has 0 aliphatic carbocycles. The summed E-state index contributed by atoms with van der Waals surface area (Å²) in [6, 6.07) is 15.2. The minimum Gasteiger partial charge on any atom is -0.373 e. The number of ether oxygens (including phenoxy) is 1. The second kappa shape index (κ2) is 5.78. The van der Waals surface area contributed by atoms with Gasteiger partial charge in [-0.3, -0.25) is 4.79 Å². The van der Waals surface area contributed by atoms with Crippen LogP contribution >= 0.6 is 11.6 Å². The molecule has 20 heavy (non-hydrogen) atoms. The molecule has 1 aliphatic rings. The average Bonchev–Trinajstić information content (AvgIpc) is 2.48. The van der Waals surface area contributed by atoms with E-state index in [1.54, 1.807) is 24.3 Å². The van der Waals surface area contributed by atoms with Gasteiger partial charge in [-0.05, 0) is 41.8 Å². The number of carbonyl (C=O) groups excluding carboxylic acids is 1. The van der Waals surface area contributed by atoms with Crippen molar-refractivity contribution >= 4 is 17.4 Å². The highest BCUT2D eigenvalue weighted by atomic mass is 35.5. The Morgan fingerprint density at radius 2 is 1.90 bits per heavy atom. The molecule has 1 unspecified atom stereocenters. The van der Waals surface area contributed by atoms with Crippen LogP contribution in [0.1, 0.15) is 34.0 Å². The Morgan fingerprint density at radius 3 is 2.70 bits per heavy atom. The van der Waals surface area contributed by atoms with E-state index in [1.165, 1.54) is 5.56 Å². The Labute approximate surface area is 123 Å². The molecule has 1 heterocycles. The molecule has 0 fully saturated rings. The van der Waals surface area contributed by atoms with Crippen LogP contribution in [0.4, 0.5) is 0 Å². The fourth-order valence-electron chi connectivity index (χ4n) is 2.57. The first-order valence-corrected chi connectivity index (χ1v) is 7.10. The lowest BCUT2D eigenvalue weighted by Gasteiger charge is -2.25. The number of ketones is 1. The third-order valence-electron chi connectivity index (χ3n) is 3.63. The fraction of sp³-hybridized carbons (Fsp3) is 0.235. The van der Waals surface area contributed by atoms with Crippen LogP contribution < -0.4 is 0 Å². The molecule has 0 bridgehead atoms. The molecule has 0 spiro atoms.